The van der Waals surface area contributed by atoms with E-state index in [-0.39, 0.29) is 11.8 Å². The molecular weight excluding hydrogens is 278 g/mol. The summed E-state index contributed by atoms with van der Waals surface area (Å²) < 4.78 is 28.6. The van der Waals surface area contributed by atoms with Gasteiger partial charge in [0.25, 0.3) is 0 Å². The normalized spacial score (nSPS) is 21.8. The lowest BCUT2D eigenvalue weighted by Crippen LogP contribution is -2.37. The molecule has 7 nitrogen and oxygen atoms in total. The highest BCUT2D eigenvalue weighted by Crippen LogP contribution is 2.13. The maximum atomic E-state index is 12.1. The molecule has 0 saturated carbocycles. The standard InChI is InChI=1S/C12H23N5O2S/c1-10(12-15-14-9-17(12)2)16-20(18,19)8-6-11-5-3-4-7-13-11/h9-11,13,16H,3-8H2,1-2H3. The van der Waals surface area contributed by atoms with E-state index in [1.165, 1.54) is 12.8 Å². The van der Waals surface area contributed by atoms with Crippen LogP contribution in [0, 0.1) is 0 Å². The SMILES string of the molecule is CC(NS(=O)(=O)CCC1CCCCN1)c1nncn1C. The highest BCUT2D eigenvalue weighted by atomic mass is 32.2. The van der Waals surface area contributed by atoms with Crippen LogP contribution < -0.4 is 10.0 Å². The number of nitrogens with one attached hydrogen (secondary N) is 2. The van der Waals surface area contributed by atoms with Crippen LogP contribution in [0.1, 0.15) is 44.5 Å². The first-order valence-corrected chi connectivity index (χ1v) is 8.70. The van der Waals surface area contributed by atoms with E-state index in [1.54, 1.807) is 24.9 Å². The van der Waals surface area contributed by atoms with Crippen LogP contribution in [0.25, 0.3) is 0 Å². The third-order valence-electron chi connectivity index (χ3n) is 3.64. The number of nitrogens with zero attached hydrogens (tertiary/aromatic N) is 3. The van der Waals surface area contributed by atoms with Crippen LogP contribution in [0.4, 0.5) is 0 Å². The van der Waals surface area contributed by atoms with Crippen LogP contribution in [0.2, 0.25) is 0 Å². The summed E-state index contributed by atoms with van der Waals surface area (Å²) in [6.45, 7) is 2.77. The molecule has 0 spiro atoms. The Bertz CT molecular complexity index is 522. The van der Waals surface area contributed by atoms with Crippen LogP contribution in [0.15, 0.2) is 6.33 Å². The van der Waals surface area contributed by atoms with Gasteiger partial charge in [0.15, 0.2) is 0 Å². The zero-order valence-electron chi connectivity index (χ0n) is 12.0. The Balaban J connectivity index is 1.85. The van der Waals surface area contributed by atoms with Crippen LogP contribution in [0.5, 0.6) is 0 Å². The van der Waals surface area contributed by atoms with Crippen molar-refractivity contribution < 1.29 is 8.42 Å². The monoisotopic (exact) mass is 301 g/mol. The molecule has 20 heavy (non-hydrogen) atoms. The summed E-state index contributed by atoms with van der Waals surface area (Å²) in [4.78, 5) is 0. The summed E-state index contributed by atoms with van der Waals surface area (Å²) in [6.07, 6.45) is 5.65. The minimum absolute atomic E-state index is 0.146. The minimum Gasteiger partial charge on any atom is -0.319 e. The molecule has 1 saturated heterocycles. The molecule has 2 unspecified atom stereocenters. The summed E-state index contributed by atoms with van der Waals surface area (Å²) in [6, 6.07) is -0.0442. The molecular formula is C12H23N5O2S. The third-order valence-corrected chi connectivity index (χ3v) is 5.12. The highest BCUT2D eigenvalue weighted by molar-refractivity contribution is 7.89. The number of hydrogen-bond acceptors (Lipinski definition) is 5. The molecule has 2 atom stereocenters. The molecule has 0 aliphatic carbocycles. The summed E-state index contributed by atoms with van der Waals surface area (Å²) in [7, 11) is -1.50. The zero-order chi connectivity index (χ0) is 14.6. The second-order valence-corrected chi connectivity index (χ2v) is 7.27. The molecule has 1 aromatic rings. The summed E-state index contributed by atoms with van der Waals surface area (Å²) >= 11 is 0. The third kappa shape index (κ3) is 4.26. The zero-order valence-corrected chi connectivity index (χ0v) is 12.9. The minimum atomic E-state index is -3.29. The van der Waals surface area contributed by atoms with Gasteiger partial charge in [-0.3, -0.25) is 0 Å². The Hall–Kier alpha value is -0.990. The van der Waals surface area contributed by atoms with E-state index in [0.717, 1.165) is 13.0 Å². The van der Waals surface area contributed by atoms with Crippen molar-refractivity contribution in [3.8, 4) is 0 Å². The van der Waals surface area contributed by atoms with Gasteiger partial charge in [0, 0.05) is 13.1 Å². The van der Waals surface area contributed by atoms with Gasteiger partial charge in [-0.05, 0) is 32.7 Å². The summed E-state index contributed by atoms with van der Waals surface area (Å²) in [5.41, 5.74) is 0. The lowest BCUT2D eigenvalue weighted by molar-refractivity contribution is 0.392. The number of hydrogen-bond donors (Lipinski definition) is 2. The van der Waals surface area contributed by atoms with Crippen molar-refractivity contribution in [2.24, 2.45) is 7.05 Å². The van der Waals surface area contributed by atoms with Gasteiger partial charge in [-0.1, -0.05) is 6.42 Å². The second-order valence-electron chi connectivity index (χ2n) is 5.39. The molecule has 1 fully saturated rings. The number of sulfonamides is 1. The molecule has 8 heteroatoms. The van der Waals surface area contributed by atoms with E-state index >= 15 is 0 Å². The van der Waals surface area contributed by atoms with Gasteiger partial charge in [0.1, 0.15) is 12.2 Å². The smallest absolute Gasteiger partial charge is 0.212 e. The Morgan fingerprint density at radius 1 is 1.55 bits per heavy atom. The first kappa shape index (κ1) is 15.4. The van der Waals surface area contributed by atoms with Crippen molar-refractivity contribution >= 4 is 10.0 Å². The van der Waals surface area contributed by atoms with E-state index in [1.807, 2.05) is 0 Å². The van der Waals surface area contributed by atoms with Crippen LogP contribution in [0.3, 0.4) is 0 Å². The summed E-state index contributed by atoms with van der Waals surface area (Å²) in [5, 5.41) is 11.0. The van der Waals surface area contributed by atoms with E-state index in [9.17, 15) is 8.42 Å². The van der Waals surface area contributed by atoms with Gasteiger partial charge < -0.3 is 9.88 Å². The maximum absolute atomic E-state index is 12.1. The molecule has 1 aromatic heterocycles. The Labute approximate surface area is 120 Å². The average Bonchev–Trinajstić information content (AvgIpc) is 2.84. The topological polar surface area (TPSA) is 88.9 Å². The van der Waals surface area contributed by atoms with Crippen molar-refractivity contribution in [3.05, 3.63) is 12.2 Å². The van der Waals surface area contributed by atoms with E-state index in [0.29, 0.717) is 18.3 Å². The Kier molecular flexibility index (Phi) is 5.11. The van der Waals surface area contributed by atoms with Gasteiger partial charge in [-0.25, -0.2) is 13.1 Å². The molecule has 114 valence electrons. The van der Waals surface area contributed by atoms with Gasteiger partial charge in [-0.15, -0.1) is 10.2 Å². The molecule has 0 amide bonds. The number of aromatic nitrogens is 3. The lowest BCUT2D eigenvalue weighted by atomic mass is 10.0. The first-order chi connectivity index (χ1) is 9.48. The maximum Gasteiger partial charge on any atom is 0.212 e. The van der Waals surface area contributed by atoms with E-state index in [4.69, 9.17) is 0 Å². The van der Waals surface area contributed by atoms with Crippen molar-refractivity contribution in [1.82, 2.24) is 24.8 Å². The fraction of sp³-hybridized carbons (Fsp3) is 0.833. The molecule has 0 radical (unpaired) electrons. The number of aryl methyl sites for hydroxylation is 1. The molecule has 0 bridgehead atoms. The van der Waals surface area contributed by atoms with Gasteiger partial charge >= 0.3 is 0 Å². The van der Waals surface area contributed by atoms with Crippen molar-refractivity contribution in [3.63, 3.8) is 0 Å². The van der Waals surface area contributed by atoms with Gasteiger partial charge in [0.2, 0.25) is 10.0 Å². The van der Waals surface area contributed by atoms with Crippen molar-refractivity contribution in [1.29, 1.82) is 0 Å². The molecule has 2 heterocycles. The molecule has 1 aliphatic rings. The Morgan fingerprint density at radius 2 is 2.35 bits per heavy atom. The quantitative estimate of drug-likeness (QED) is 0.790. The fourth-order valence-corrected chi connectivity index (χ4v) is 3.89. The van der Waals surface area contributed by atoms with Crippen LogP contribution in [-0.2, 0) is 17.1 Å². The molecule has 2 rings (SSSR count). The highest BCUT2D eigenvalue weighted by Gasteiger charge is 2.21. The largest absolute Gasteiger partial charge is 0.319 e. The molecule has 2 N–H and O–H groups in total. The predicted molar refractivity (Wildman–Crippen MR) is 76.6 cm³/mol. The summed E-state index contributed by atoms with van der Waals surface area (Å²) in [5.74, 6) is 0.761. The Morgan fingerprint density at radius 3 is 2.95 bits per heavy atom. The van der Waals surface area contributed by atoms with Gasteiger partial charge in [-0.2, -0.15) is 0 Å². The number of rotatable bonds is 6. The van der Waals surface area contributed by atoms with Crippen molar-refractivity contribution in [2.45, 2.75) is 44.7 Å². The van der Waals surface area contributed by atoms with E-state index < -0.39 is 10.0 Å². The number of piperidine rings is 1. The van der Waals surface area contributed by atoms with E-state index in [2.05, 4.69) is 20.2 Å². The van der Waals surface area contributed by atoms with Crippen LogP contribution >= 0.6 is 0 Å². The van der Waals surface area contributed by atoms with Crippen LogP contribution in [-0.4, -0.2) is 41.5 Å². The molecule has 0 aromatic carbocycles. The lowest BCUT2D eigenvalue weighted by Gasteiger charge is -2.23. The first-order valence-electron chi connectivity index (χ1n) is 7.05. The van der Waals surface area contributed by atoms with Gasteiger partial charge in [0.05, 0.1) is 11.8 Å². The fourth-order valence-electron chi connectivity index (χ4n) is 2.53. The average molecular weight is 301 g/mol. The molecule has 1 aliphatic heterocycles. The predicted octanol–water partition coefficient (Wildman–Crippen LogP) is 0.328. The second kappa shape index (κ2) is 6.64. The van der Waals surface area contributed by atoms with Crippen molar-refractivity contribution in [2.75, 3.05) is 12.3 Å².